The number of ether oxygens (including phenoxy) is 1. The molecule has 0 bridgehead atoms. The molecule has 0 saturated carbocycles. The fourth-order valence-corrected chi connectivity index (χ4v) is 4.40. The standard InChI is InChI=1S/C25H32N4O3/c1-4-5-6-7-19-8-9-21(18(3)26-19)24-22(29-11-10-17(2)14-23(29)27-24)15-20-16-28(25(30)31)12-13-32-20/h8-11,14,20H,4-7,12-13,15-16H2,1-3H3,(H,30,31). The number of fused-ring (bicyclic) bond motifs is 1. The Bertz CT molecular complexity index is 1110. The van der Waals surface area contributed by atoms with Gasteiger partial charge in [0.2, 0.25) is 0 Å². The van der Waals surface area contributed by atoms with Crippen LogP contribution >= 0.6 is 0 Å². The molecule has 0 spiro atoms. The van der Waals surface area contributed by atoms with Crippen molar-refractivity contribution >= 4 is 11.7 Å². The molecule has 3 aromatic rings. The van der Waals surface area contributed by atoms with Gasteiger partial charge in [0, 0.05) is 36.1 Å². The van der Waals surface area contributed by atoms with Gasteiger partial charge in [-0.3, -0.25) is 4.98 Å². The number of rotatable bonds is 7. The third-order valence-corrected chi connectivity index (χ3v) is 6.15. The Balaban J connectivity index is 1.69. The normalized spacial score (nSPS) is 16.6. The molecule has 1 unspecified atom stereocenters. The zero-order valence-electron chi connectivity index (χ0n) is 19.2. The maximum absolute atomic E-state index is 11.5. The maximum atomic E-state index is 11.5. The minimum Gasteiger partial charge on any atom is -0.465 e. The smallest absolute Gasteiger partial charge is 0.407 e. The number of nitrogens with zero attached hydrogens (tertiary/aromatic N) is 4. The number of amides is 1. The number of hydrogen-bond acceptors (Lipinski definition) is 4. The molecular formula is C25H32N4O3. The first-order valence-corrected chi connectivity index (χ1v) is 11.5. The molecule has 1 amide bonds. The topological polar surface area (TPSA) is 80.0 Å². The van der Waals surface area contributed by atoms with Crippen LogP contribution in [0.25, 0.3) is 16.9 Å². The van der Waals surface area contributed by atoms with Crippen LogP contribution in [0.15, 0.2) is 30.5 Å². The largest absolute Gasteiger partial charge is 0.465 e. The van der Waals surface area contributed by atoms with Crippen LogP contribution in [-0.4, -0.2) is 56.3 Å². The van der Waals surface area contributed by atoms with Gasteiger partial charge in [-0.2, -0.15) is 0 Å². The number of carbonyl (C=O) groups is 1. The number of hydrogen-bond donors (Lipinski definition) is 1. The summed E-state index contributed by atoms with van der Waals surface area (Å²) in [6.45, 7) is 7.49. The van der Waals surface area contributed by atoms with Crippen molar-refractivity contribution in [1.29, 1.82) is 0 Å². The summed E-state index contributed by atoms with van der Waals surface area (Å²) in [6.07, 6.45) is 6.08. The van der Waals surface area contributed by atoms with Gasteiger partial charge in [-0.15, -0.1) is 0 Å². The molecule has 170 valence electrons. The van der Waals surface area contributed by atoms with Crippen molar-refractivity contribution in [2.75, 3.05) is 19.7 Å². The number of aromatic nitrogens is 3. The van der Waals surface area contributed by atoms with Crippen LogP contribution in [0, 0.1) is 13.8 Å². The number of morpholine rings is 1. The van der Waals surface area contributed by atoms with E-state index in [9.17, 15) is 9.90 Å². The fraction of sp³-hybridized carbons (Fsp3) is 0.480. The van der Waals surface area contributed by atoms with Crippen LogP contribution in [0.5, 0.6) is 0 Å². The van der Waals surface area contributed by atoms with E-state index in [1.54, 1.807) is 0 Å². The van der Waals surface area contributed by atoms with Crippen LogP contribution in [0.3, 0.4) is 0 Å². The van der Waals surface area contributed by atoms with E-state index in [0.717, 1.165) is 52.4 Å². The van der Waals surface area contributed by atoms with Crippen molar-refractivity contribution < 1.29 is 14.6 Å². The Morgan fingerprint density at radius 1 is 1.22 bits per heavy atom. The molecule has 1 saturated heterocycles. The summed E-state index contributed by atoms with van der Waals surface area (Å²) in [5, 5.41) is 9.40. The lowest BCUT2D eigenvalue weighted by molar-refractivity contribution is -0.0214. The molecule has 0 aromatic carbocycles. The van der Waals surface area contributed by atoms with Gasteiger partial charge in [-0.1, -0.05) is 19.8 Å². The van der Waals surface area contributed by atoms with E-state index in [1.807, 2.05) is 13.1 Å². The van der Waals surface area contributed by atoms with Gasteiger partial charge in [0.15, 0.2) is 0 Å². The van der Waals surface area contributed by atoms with Crippen LogP contribution < -0.4 is 0 Å². The Labute approximate surface area is 189 Å². The predicted octanol–water partition coefficient (Wildman–Crippen LogP) is 4.67. The molecule has 1 atom stereocenters. The van der Waals surface area contributed by atoms with Crippen LogP contribution in [0.4, 0.5) is 4.79 Å². The van der Waals surface area contributed by atoms with E-state index in [4.69, 9.17) is 14.7 Å². The molecule has 4 heterocycles. The highest BCUT2D eigenvalue weighted by molar-refractivity contribution is 5.69. The molecular weight excluding hydrogens is 404 g/mol. The van der Waals surface area contributed by atoms with Gasteiger partial charge >= 0.3 is 6.09 Å². The second kappa shape index (κ2) is 9.69. The summed E-state index contributed by atoms with van der Waals surface area (Å²) >= 11 is 0. The lowest BCUT2D eigenvalue weighted by Crippen LogP contribution is -2.45. The van der Waals surface area contributed by atoms with Gasteiger partial charge in [-0.25, -0.2) is 9.78 Å². The summed E-state index contributed by atoms with van der Waals surface area (Å²) in [6, 6.07) is 8.38. The van der Waals surface area contributed by atoms with E-state index in [0.29, 0.717) is 26.1 Å². The van der Waals surface area contributed by atoms with Crippen molar-refractivity contribution in [2.45, 2.75) is 59.0 Å². The van der Waals surface area contributed by atoms with E-state index in [-0.39, 0.29) is 6.10 Å². The summed E-state index contributed by atoms with van der Waals surface area (Å²) in [7, 11) is 0. The van der Waals surface area contributed by atoms with E-state index < -0.39 is 6.09 Å². The molecule has 1 aliphatic rings. The second-order valence-electron chi connectivity index (χ2n) is 8.66. The van der Waals surface area contributed by atoms with Crippen molar-refractivity contribution in [3.63, 3.8) is 0 Å². The Hall–Kier alpha value is -2.93. The lowest BCUT2D eigenvalue weighted by Gasteiger charge is -2.31. The molecule has 32 heavy (non-hydrogen) atoms. The molecule has 1 N–H and O–H groups in total. The summed E-state index contributed by atoms with van der Waals surface area (Å²) in [4.78, 5) is 22.7. The number of pyridine rings is 2. The van der Waals surface area contributed by atoms with E-state index >= 15 is 0 Å². The lowest BCUT2D eigenvalue weighted by atomic mass is 10.0. The summed E-state index contributed by atoms with van der Waals surface area (Å²) < 4.78 is 8.03. The van der Waals surface area contributed by atoms with Crippen LogP contribution in [0.1, 0.15) is 48.8 Å². The first-order valence-electron chi connectivity index (χ1n) is 11.5. The third kappa shape index (κ3) is 4.78. The minimum absolute atomic E-state index is 0.207. The van der Waals surface area contributed by atoms with Crippen molar-refractivity contribution in [1.82, 2.24) is 19.3 Å². The van der Waals surface area contributed by atoms with Crippen molar-refractivity contribution in [3.8, 4) is 11.3 Å². The molecule has 1 fully saturated rings. The number of aryl methyl sites for hydroxylation is 3. The summed E-state index contributed by atoms with van der Waals surface area (Å²) in [5.74, 6) is 0. The Morgan fingerprint density at radius 2 is 2.06 bits per heavy atom. The molecule has 1 aliphatic heterocycles. The summed E-state index contributed by atoms with van der Waals surface area (Å²) in [5.41, 5.74) is 7.06. The predicted molar refractivity (Wildman–Crippen MR) is 124 cm³/mol. The first kappa shape index (κ1) is 22.3. The molecule has 0 aliphatic carbocycles. The highest BCUT2D eigenvalue weighted by Gasteiger charge is 2.27. The first-order chi connectivity index (χ1) is 15.5. The highest BCUT2D eigenvalue weighted by atomic mass is 16.5. The third-order valence-electron chi connectivity index (χ3n) is 6.15. The van der Waals surface area contributed by atoms with Crippen molar-refractivity contribution in [3.05, 3.63) is 53.1 Å². The van der Waals surface area contributed by atoms with Crippen LogP contribution in [0.2, 0.25) is 0 Å². The minimum atomic E-state index is -0.897. The van der Waals surface area contributed by atoms with Crippen LogP contribution in [-0.2, 0) is 17.6 Å². The zero-order valence-corrected chi connectivity index (χ0v) is 19.2. The quantitative estimate of drug-likeness (QED) is 0.545. The number of imidazole rings is 1. The second-order valence-corrected chi connectivity index (χ2v) is 8.66. The van der Waals surface area contributed by atoms with Gasteiger partial charge in [0.1, 0.15) is 5.65 Å². The average molecular weight is 437 g/mol. The molecule has 4 rings (SSSR count). The van der Waals surface area contributed by atoms with Crippen molar-refractivity contribution in [2.24, 2.45) is 0 Å². The van der Waals surface area contributed by atoms with Gasteiger partial charge in [0.25, 0.3) is 0 Å². The molecule has 7 heteroatoms. The molecule has 3 aromatic heterocycles. The van der Waals surface area contributed by atoms with Gasteiger partial charge in [0.05, 0.1) is 30.6 Å². The van der Waals surface area contributed by atoms with E-state index in [2.05, 4.69) is 42.5 Å². The average Bonchev–Trinajstić information content (AvgIpc) is 3.11. The maximum Gasteiger partial charge on any atom is 0.407 e. The SMILES string of the molecule is CCCCCc1ccc(-c2nc3cc(C)ccn3c2CC2CN(C(=O)O)CCO2)c(C)n1. The highest BCUT2D eigenvalue weighted by Crippen LogP contribution is 2.29. The van der Waals surface area contributed by atoms with Gasteiger partial charge < -0.3 is 19.1 Å². The van der Waals surface area contributed by atoms with Gasteiger partial charge in [-0.05, 0) is 56.5 Å². The fourth-order valence-electron chi connectivity index (χ4n) is 4.40. The molecule has 7 nitrogen and oxygen atoms in total. The number of carboxylic acid groups (broad SMARTS) is 1. The monoisotopic (exact) mass is 436 g/mol. The molecule has 0 radical (unpaired) electrons. The number of unbranched alkanes of at least 4 members (excludes halogenated alkanes) is 2. The van der Waals surface area contributed by atoms with E-state index in [1.165, 1.54) is 17.7 Å². The Kier molecular flexibility index (Phi) is 6.74. The Morgan fingerprint density at radius 3 is 2.81 bits per heavy atom. The zero-order chi connectivity index (χ0) is 22.7.